The van der Waals surface area contributed by atoms with Crippen LogP contribution in [0.15, 0.2) is 53.0 Å². The lowest BCUT2D eigenvalue weighted by Gasteiger charge is -2.11. The van der Waals surface area contributed by atoms with E-state index in [1.54, 1.807) is 51.3 Å². The second-order valence-electron chi connectivity index (χ2n) is 6.75. The largest absolute Gasteiger partial charge is 0.493 e. The SMILES string of the molecule is COc1cc(/C=C/C(=O)Nc2oc(C)c(C)c2C#N)ccc1OCc1ccc(Cl)cc1. The lowest BCUT2D eigenvalue weighted by atomic mass is 10.1. The third-order valence-corrected chi connectivity index (χ3v) is 4.91. The Labute approximate surface area is 185 Å². The first-order valence-corrected chi connectivity index (χ1v) is 9.83. The Morgan fingerprint density at radius 3 is 2.61 bits per heavy atom. The van der Waals surface area contributed by atoms with Crippen molar-refractivity contribution in [3.63, 3.8) is 0 Å². The molecule has 0 atom stereocenters. The normalized spacial score (nSPS) is 10.7. The molecule has 0 bridgehead atoms. The molecule has 3 aromatic rings. The van der Waals surface area contributed by atoms with E-state index in [1.807, 2.05) is 24.3 Å². The highest BCUT2D eigenvalue weighted by Crippen LogP contribution is 2.30. The predicted molar refractivity (Wildman–Crippen MR) is 119 cm³/mol. The molecule has 0 aliphatic heterocycles. The third-order valence-electron chi connectivity index (χ3n) is 4.66. The van der Waals surface area contributed by atoms with Gasteiger partial charge in [0.15, 0.2) is 11.5 Å². The fraction of sp³-hybridized carbons (Fsp3) is 0.167. The molecule has 1 aromatic heterocycles. The molecule has 0 saturated carbocycles. The van der Waals surface area contributed by atoms with Gasteiger partial charge in [-0.1, -0.05) is 29.8 Å². The van der Waals surface area contributed by atoms with Crippen LogP contribution in [0.2, 0.25) is 5.02 Å². The van der Waals surface area contributed by atoms with Crippen LogP contribution in [0.4, 0.5) is 5.88 Å². The van der Waals surface area contributed by atoms with Gasteiger partial charge in [-0.15, -0.1) is 0 Å². The maximum absolute atomic E-state index is 12.2. The number of nitriles is 1. The van der Waals surface area contributed by atoms with E-state index in [0.29, 0.717) is 40.0 Å². The molecule has 1 amide bonds. The monoisotopic (exact) mass is 436 g/mol. The van der Waals surface area contributed by atoms with Crippen LogP contribution in [-0.2, 0) is 11.4 Å². The van der Waals surface area contributed by atoms with Crippen LogP contribution in [-0.4, -0.2) is 13.0 Å². The highest BCUT2D eigenvalue weighted by atomic mass is 35.5. The molecule has 31 heavy (non-hydrogen) atoms. The van der Waals surface area contributed by atoms with Crippen molar-refractivity contribution in [3.8, 4) is 17.6 Å². The van der Waals surface area contributed by atoms with E-state index in [0.717, 1.165) is 11.1 Å². The Morgan fingerprint density at radius 1 is 1.19 bits per heavy atom. The van der Waals surface area contributed by atoms with Crippen molar-refractivity contribution < 1.29 is 18.7 Å². The van der Waals surface area contributed by atoms with Gasteiger partial charge in [-0.2, -0.15) is 5.26 Å². The first-order valence-electron chi connectivity index (χ1n) is 9.45. The van der Waals surface area contributed by atoms with Crippen LogP contribution in [0.25, 0.3) is 6.08 Å². The number of halogens is 1. The molecule has 7 heteroatoms. The van der Waals surface area contributed by atoms with Crippen molar-refractivity contribution >= 4 is 29.5 Å². The third kappa shape index (κ3) is 5.47. The second-order valence-corrected chi connectivity index (χ2v) is 7.18. The second kappa shape index (κ2) is 9.88. The predicted octanol–water partition coefficient (Wildman–Crippen LogP) is 5.66. The first kappa shape index (κ1) is 22.0. The highest BCUT2D eigenvalue weighted by molar-refractivity contribution is 6.30. The van der Waals surface area contributed by atoms with E-state index in [-0.39, 0.29) is 5.88 Å². The van der Waals surface area contributed by atoms with Crippen molar-refractivity contribution in [1.82, 2.24) is 0 Å². The molecule has 0 spiro atoms. The minimum atomic E-state index is -0.410. The lowest BCUT2D eigenvalue weighted by Crippen LogP contribution is -2.08. The van der Waals surface area contributed by atoms with Gasteiger partial charge in [0.05, 0.1) is 7.11 Å². The first-order chi connectivity index (χ1) is 14.9. The molecule has 0 radical (unpaired) electrons. The number of rotatable bonds is 7. The number of carbonyl (C=O) groups is 1. The lowest BCUT2D eigenvalue weighted by molar-refractivity contribution is -0.111. The zero-order valence-corrected chi connectivity index (χ0v) is 18.1. The number of aryl methyl sites for hydroxylation is 1. The maximum atomic E-state index is 12.2. The standard InChI is InChI=1S/C24H21ClN2O4/c1-15-16(2)31-24(20(15)13-26)27-23(28)11-7-17-6-10-21(22(12-17)29-3)30-14-18-4-8-19(25)9-5-18/h4-12H,14H2,1-3H3,(H,27,28)/b11-7+. The van der Waals surface area contributed by atoms with Crippen molar-refractivity contribution in [2.45, 2.75) is 20.5 Å². The zero-order valence-electron chi connectivity index (χ0n) is 17.4. The molecule has 0 aliphatic rings. The highest BCUT2D eigenvalue weighted by Gasteiger charge is 2.15. The number of furan rings is 1. The molecule has 1 heterocycles. The molecule has 0 aliphatic carbocycles. The Morgan fingerprint density at radius 2 is 1.94 bits per heavy atom. The minimum Gasteiger partial charge on any atom is -0.493 e. The number of methoxy groups -OCH3 is 1. The number of nitrogens with zero attached hydrogens (tertiary/aromatic N) is 1. The van der Waals surface area contributed by atoms with Gasteiger partial charge in [0.25, 0.3) is 5.91 Å². The van der Waals surface area contributed by atoms with Crippen LogP contribution in [0.1, 0.15) is 28.0 Å². The number of benzene rings is 2. The zero-order chi connectivity index (χ0) is 22.4. The summed E-state index contributed by atoms with van der Waals surface area (Å²) in [6, 6.07) is 14.8. The summed E-state index contributed by atoms with van der Waals surface area (Å²) in [7, 11) is 1.55. The van der Waals surface area contributed by atoms with Crippen molar-refractivity contribution in [3.05, 3.63) is 81.6 Å². The molecule has 0 saturated heterocycles. The summed E-state index contributed by atoms with van der Waals surface area (Å²) in [5.74, 6) is 1.46. The molecular weight excluding hydrogens is 416 g/mol. The fourth-order valence-corrected chi connectivity index (χ4v) is 2.95. The van der Waals surface area contributed by atoms with E-state index in [4.69, 9.17) is 25.5 Å². The number of amides is 1. The van der Waals surface area contributed by atoms with Gasteiger partial charge in [-0.25, -0.2) is 0 Å². The summed E-state index contributed by atoms with van der Waals surface area (Å²) in [6.45, 7) is 3.88. The van der Waals surface area contributed by atoms with Crippen LogP contribution < -0.4 is 14.8 Å². The number of nitrogens with one attached hydrogen (secondary N) is 1. The Bertz CT molecular complexity index is 1160. The van der Waals surface area contributed by atoms with Gasteiger partial charge in [-0.3, -0.25) is 10.1 Å². The van der Waals surface area contributed by atoms with Crippen LogP contribution in [0, 0.1) is 25.2 Å². The average Bonchev–Trinajstić information content (AvgIpc) is 3.04. The number of carbonyl (C=O) groups excluding carboxylic acids is 1. The molecule has 0 fully saturated rings. The molecule has 1 N–H and O–H groups in total. The van der Waals surface area contributed by atoms with E-state index in [1.165, 1.54) is 6.08 Å². The molecular formula is C24H21ClN2O4. The molecule has 158 valence electrons. The number of hydrogen-bond donors (Lipinski definition) is 1. The topological polar surface area (TPSA) is 84.5 Å². The van der Waals surface area contributed by atoms with Gasteiger partial charge in [0.2, 0.25) is 5.88 Å². The Kier molecular flexibility index (Phi) is 7.01. The van der Waals surface area contributed by atoms with Gasteiger partial charge in [-0.05, 0) is 55.3 Å². The van der Waals surface area contributed by atoms with Crippen LogP contribution in [0.3, 0.4) is 0 Å². The maximum Gasteiger partial charge on any atom is 0.250 e. The van der Waals surface area contributed by atoms with Crippen molar-refractivity contribution in [2.24, 2.45) is 0 Å². The van der Waals surface area contributed by atoms with Gasteiger partial charge in [0.1, 0.15) is 24.0 Å². The van der Waals surface area contributed by atoms with Crippen molar-refractivity contribution in [2.75, 3.05) is 12.4 Å². The number of anilines is 1. The average molecular weight is 437 g/mol. The smallest absolute Gasteiger partial charge is 0.250 e. The van der Waals surface area contributed by atoms with E-state index in [9.17, 15) is 10.1 Å². The Hall–Kier alpha value is -3.69. The molecule has 0 unspecified atom stereocenters. The summed E-state index contributed by atoms with van der Waals surface area (Å²) in [5.41, 5.74) is 2.76. The summed E-state index contributed by atoms with van der Waals surface area (Å²) in [5, 5.41) is 12.5. The Balaban J connectivity index is 1.67. The number of ether oxygens (including phenoxy) is 2. The number of hydrogen-bond acceptors (Lipinski definition) is 5. The van der Waals surface area contributed by atoms with E-state index < -0.39 is 5.91 Å². The van der Waals surface area contributed by atoms with Gasteiger partial charge in [0, 0.05) is 16.7 Å². The minimum absolute atomic E-state index is 0.149. The summed E-state index contributed by atoms with van der Waals surface area (Å²) in [4.78, 5) is 12.2. The molecule has 6 nitrogen and oxygen atoms in total. The quantitative estimate of drug-likeness (QED) is 0.483. The van der Waals surface area contributed by atoms with Crippen LogP contribution in [0.5, 0.6) is 11.5 Å². The summed E-state index contributed by atoms with van der Waals surface area (Å²) < 4.78 is 16.7. The fourth-order valence-electron chi connectivity index (χ4n) is 2.82. The van der Waals surface area contributed by atoms with Crippen LogP contribution >= 0.6 is 11.6 Å². The molecule has 2 aromatic carbocycles. The van der Waals surface area contributed by atoms with Gasteiger partial charge < -0.3 is 13.9 Å². The molecule has 3 rings (SSSR count). The van der Waals surface area contributed by atoms with Crippen molar-refractivity contribution in [1.29, 1.82) is 5.26 Å². The van der Waals surface area contributed by atoms with Gasteiger partial charge >= 0.3 is 0 Å². The van der Waals surface area contributed by atoms with E-state index in [2.05, 4.69) is 5.32 Å². The summed E-state index contributed by atoms with van der Waals surface area (Å²) >= 11 is 5.90. The van der Waals surface area contributed by atoms with E-state index >= 15 is 0 Å². The summed E-state index contributed by atoms with van der Waals surface area (Å²) in [6.07, 6.45) is 2.99.